The van der Waals surface area contributed by atoms with Crippen molar-refractivity contribution >= 4 is 38.9 Å². The lowest BCUT2D eigenvalue weighted by atomic mass is 10.3. The molecule has 0 saturated carbocycles. The number of anilines is 1. The largest absolute Gasteiger partial charge is 0.291 e. The third-order valence-electron chi connectivity index (χ3n) is 3.47. The lowest BCUT2D eigenvalue weighted by Crippen LogP contribution is -2.21. The van der Waals surface area contributed by atoms with E-state index in [0.29, 0.717) is 0 Å². The van der Waals surface area contributed by atoms with Crippen LogP contribution in [0, 0.1) is 11.6 Å². The zero-order valence-corrected chi connectivity index (χ0v) is 15.5. The van der Waals surface area contributed by atoms with E-state index in [2.05, 4.69) is 5.10 Å². The van der Waals surface area contributed by atoms with Gasteiger partial charge in [-0.15, -0.1) is 0 Å². The van der Waals surface area contributed by atoms with E-state index in [9.17, 15) is 22.0 Å². The smallest absolute Gasteiger partial charge is 0.274 e. The Bertz CT molecular complexity index is 1160. The molecule has 3 rings (SSSR count). The minimum atomic E-state index is -4.27. The molecule has 11 heteroatoms. The third-order valence-corrected chi connectivity index (χ3v) is 5.58. The lowest BCUT2D eigenvalue weighted by Gasteiger charge is -2.11. The average molecular weight is 432 g/mol. The van der Waals surface area contributed by atoms with Gasteiger partial charge in [-0.2, -0.15) is 9.78 Å². The quantitative estimate of drug-likeness (QED) is 0.683. The highest BCUT2D eigenvalue weighted by molar-refractivity contribution is 7.92. The Balaban J connectivity index is 1.96. The number of halogens is 4. The Kier molecular flexibility index (Phi) is 5.18. The van der Waals surface area contributed by atoms with E-state index in [4.69, 9.17) is 23.2 Å². The SMILES string of the molecule is O=c1c(Cl)c(Cl)cnn1-c1ccc(S(=O)(=O)Nc2c(F)cccc2F)cc1. The standard InChI is InChI=1S/C16H9Cl2F2N3O3S/c17-11-8-21-23(16(24)14(11)18)9-4-6-10(7-5-9)27(25,26)22-15-12(19)2-1-3-13(15)20/h1-8,22H. The summed E-state index contributed by atoms with van der Waals surface area (Å²) in [7, 11) is -4.27. The Morgan fingerprint density at radius 3 is 2.19 bits per heavy atom. The van der Waals surface area contributed by atoms with Crippen molar-refractivity contribution in [2.75, 3.05) is 4.72 Å². The Morgan fingerprint density at radius 1 is 1.00 bits per heavy atom. The van der Waals surface area contributed by atoms with Crippen molar-refractivity contribution in [3.05, 3.63) is 80.7 Å². The second-order valence-corrected chi connectivity index (χ2v) is 7.69. The molecule has 0 radical (unpaired) electrons. The van der Waals surface area contributed by atoms with Gasteiger partial charge in [0, 0.05) is 0 Å². The topological polar surface area (TPSA) is 81.1 Å². The molecule has 1 heterocycles. The predicted octanol–water partition coefficient (Wildman–Crippen LogP) is 3.62. The van der Waals surface area contributed by atoms with Crippen molar-refractivity contribution in [1.29, 1.82) is 0 Å². The van der Waals surface area contributed by atoms with Crippen LogP contribution in [-0.4, -0.2) is 18.2 Å². The highest BCUT2D eigenvalue weighted by Gasteiger charge is 2.19. The van der Waals surface area contributed by atoms with Gasteiger partial charge in [-0.25, -0.2) is 17.2 Å². The second kappa shape index (κ2) is 7.26. The molecule has 0 fully saturated rings. The van der Waals surface area contributed by atoms with E-state index < -0.39 is 32.9 Å². The van der Waals surface area contributed by atoms with Crippen LogP contribution in [0.1, 0.15) is 0 Å². The van der Waals surface area contributed by atoms with E-state index in [1.807, 2.05) is 4.72 Å². The first-order valence-electron chi connectivity index (χ1n) is 7.21. The van der Waals surface area contributed by atoms with Gasteiger partial charge in [-0.3, -0.25) is 9.52 Å². The Labute approximate surface area is 162 Å². The molecule has 2 aromatic carbocycles. The second-order valence-electron chi connectivity index (χ2n) is 5.22. The Morgan fingerprint density at radius 2 is 1.59 bits per heavy atom. The summed E-state index contributed by atoms with van der Waals surface area (Å²) in [4.78, 5) is 11.8. The summed E-state index contributed by atoms with van der Waals surface area (Å²) < 4.78 is 54.8. The van der Waals surface area contributed by atoms with Crippen molar-refractivity contribution in [2.24, 2.45) is 0 Å². The van der Waals surface area contributed by atoms with Gasteiger partial charge < -0.3 is 0 Å². The summed E-state index contributed by atoms with van der Waals surface area (Å²) in [6.45, 7) is 0. The fraction of sp³-hybridized carbons (Fsp3) is 0. The van der Waals surface area contributed by atoms with Crippen LogP contribution < -0.4 is 10.3 Å². The van der Waals surface area contributed by atoms with Gasteiger partial charge in [-0.1, -0.05) is 29.3 Å². The summed E-state index contributed by atoms with van der Waals surface area (Å²) in [5, 5.41) is 3.56. The third kappa shape index (κ3) is 3.80. The molecular formula is C16H9Cl2F2N3O3S. The van der Waals surface area contributed by atoms with E-state index in [-0.39, 0.29) is 20.6 Å². The van der Waals surface area contributed by atoms with Crippen LogP contribution in [0.3, 0.4) is 0 Å². The minimum Gasteiger partial charge on any atom is -0.274 e. The van der Waals surface area contributed by atoms with Crippen LogP contribution in [0.15, 0.2) is 58.4 Å². The molecule has 0 spiro atoms. The maximum Gasteiger partial charge on any atom is 0.291 e. The predicted molar refractivity (Wildman–Crippen MR) is 97.0 cm³/mol. The van der Waals surface area contributed by atoms with Crippen LogP contribution in [-0.2, 0) is 10.0 Å². The molecule has 27 heavy (non-hydrogen) atoms. The van der Waals surface area contributed by atoms with E-state index in [1.165, 1.54) is 18.3 Å². The van der Waals surface area contributed by atoms with Crippen molar-refractivity contribution in [3.63, 3.8) is 0 Å². The van der Waals surface area contributed by atoms with E-state index >= 15 is 0 Å². The molecule has 0 aliphatic rings. The molecular weight excluding hydrogens is 423 g/mol. The molecule has 0 aliphatic heterocycles. The average Bonchev–Trinajstić information content (AvgIpc) is 2.63. The van der Waals surface area contributed by atoms with Crippen molar-refractivity contribution in [1.82, 2.24) is 9.78 Å². The first-order valence-corrected chi connectivity index (χ1v) is 9.45. The van der Waals surface area contributed by atoms with Crippen molar-refractivity contribution in [3.8, 4) is 5.69 Å². The van der Waals surface area contributed by atoms with Gasteiger partial charge in [0.15, 0.2) is 0 Å². The zero-order chi connectivity index (χ0) is 19.8. The number of aromatic nitrogens is 2. The summed E-state index contributed by atoms with van der Waals surface area (Å²) in [6.07, 6.45) is 1.17. The number of para-hydroxylation sites is 1. The van der Waals surface area contributed by atoms with Gasteiger partial charge in [-0.05, 0) is 36.4 Å². The van der Waals surface area contributed by atoms with Crippen LogP contribution in [0.25, 0.3) is 5.69 Å². The molecule has 0 saturated heterocycles. The fourth-order valence-corrected chi connectivity index (χ4v) is 3.48. The van der Waals surface area contributed by atoms with Gasteiger partial charge in [0.2, 0.25) is 0 Å². The van der Waals surface area contributed by atoms with Gasteiger partial charge in [0.05, 0.1) is 21.8 Å². The molecule has 140 valence electrons. The summed E-state index contributed by atoms with van der Waals surface area (Å²) >= 11 is 11.5. The molecule has 1 aromatic heterocycles. The molecule has 1 N–H and O–H groups in total. The monoisotopic (exact) mass is 431 g/mol. The minimum absolute atomic E-state index is 0.0202. The van der Waals surface area contributed by atoms with Crippen molar-refractivity contribution in [2.45, 2.75) is 4.90 Å². The summed E-state index contributed by atoms with van der Waals surface area (Å²) in [6, 6.07) is 7.81. The molecule has 0 bridgehead atoms. The fourth-order valence-electron chi connectivity index (χ4n) is 2.15. The normalized spacial score (nSPS) is 11.4. The molecule has 0 aliphatic carbocycles. The molecule has 6 nitrogen and oxygen atoms in total. The highest BCUT2D eigenvalue weighted by Crippen LogP contribution is 2.23. The maximum absolute atomic E-state index is 13.7. The summed E-state index contributed by atoms with van der Waals surface area (Å²) in [5.41, 5.74) is -1.26. The van der Waals surface area contributed by atoms with E-state index in [1.54, 1.807) is 0 Å². The Hall–Kier alpha value is -2.49. The van der Waals surface area contributed by atoms with Gasteiger partial charge in [0.1, 0.15) is 22.3 Å². The number of nitrogens with one attached hydrogen (secondary N) is 1. The summed E-state index contributed by atoms with van der Waals surface area (Å²) in [5.74, 6) is -2.11. The number of nitrogens with zero attached hydrogens (tertiary/aromatic N) is 2. The number of hydrogen-bond acceptors (Lipinski definition) is 4. The van der Waals surface area contributed by atoms with Crippen LogP contribution in [0.5, 0.6) is 0 Å². The lowest BCUT2D eigenvalue weighted by molar-refractivity contribution is 0.583. The number of hydrogen-bond donors (Lipinski definition) is 1. The molecule has 0 amide bonds. The number of sulfonamides is 1. The first kappa shape index (κ1) is 19.3. The van der Waals surface area contributed by atoms with Crippen LogP contribution in [0.4, 0.5) is 14.5 Å². The molecule has 0 atom stereocenters. The first-order chi connectivity index (χ1) is 12.7. The van der Waals surface area contributed by atoms with E-state index in [0.717, 1.165) is 35.0 Å². The van der Waals surface area contributed by atoms with Crippen LogP contribution >= 0.6 is 23.2 Å². The highest BCUT2D eigenvalue weighted by atomic mass is 35.5. The van der Waals surface area contributed by atoms with Gasteiger partial charge >= 0.3 is 0 Å². The molecule has 0 unspecified atom stereocenters. The molecule has 3 aromatic rings. The maximum atomic E-state index is 13.7. The van der Waals surface area contributed by atoms with Crippen molar-refractivity contribution < 1.29 is 17.2 Å². The number of rotatable bonds is 4. The van der Waals surface area contributed by atoms with Gasteiger partial charge in [0.25, 0.3) is 15.6 Å². The number of benzene rings is 2. The van der Waals surface area contributed by atoms with Crippen LogP contribution in [0.2, 0.25) is 10.0 Å². The zero-order valence-electron chi connectivity index (χ0n) is 13.2.